The van der Waals surface area contributed by atoms with E-state index in [-0.39, 0.29) is 5.56 Å². The topological polar surface area (TPSA) is 71.8 Å². The Hall–Kier alpha value is -2.20. The van der Waals surface area contributed by atoms with Gasteiger partial charge in [-0.25, -0.2) is 8.42 Å². The van der Waals surface area contributed by atoms with Gasteiger partial charge in [-0.15, -0.1) is 11.3 Å². The SMILES string of the molecule is COc1cccc(-c2cn(C)c(=O)c3cc(CN4CCN(S(C)(=O)=O)CC4)sc23)c1C. The zero-order valence-corrected chi connectivity index (χ0v) is 19.8. The lowest BCUT2D eigenvalue weighted by Crippen LogP contribution is -2.47. The maximum Gasteiger partial charge on any atom is 0.259 e. The van der Waals surface area contributed by atoms with E-state index in [0.29, 0.717) is 32.7 Å². The highest BCUT2D eigenvalue weighted by Crippen LogP contribution is 2.37. The molecule has 1 aliphatic heterocycles. The number of piperazine rings is 1. The second-order valence-electron chi connectivity index (χ2n) is 7.99. The van der Waals surface area contributed by atoms with Crippen LogP contribution in [0.15, 0.2) is 35.3 Å². The van der Waals surface area contributed by atoms with E-state index < -0.39 is 10.0 Å². The monoisotopic (exact) mass is 461 g/mol. The fourth-order valence-corrected chi connectivity index (χ4v) is 6.18. The van der Waals surface area contributed by atoms with Crippen molar-refractivity contribution in [3.05, 3.63) is 51.3 Å². The molecule has 1 aromatic carbocycles. The molecular formula is C22H27N3O4S2. The molecule has 1 saturated heterocycles. The summed E-state index contributed by atoms with van der Waals surface area (Å²) in [5.74, 6) is 0.819. The fourth-order valence-electron chi connectivity index (χ4n) is 4.14. The number of sulfonamides is 1. The van der Waals surface area contributed by atoms with Crippen molar-refractivity contribution < 1.29 is 13.2 Å². The number of thiophene rings is 1. The molecule has 3 heterocycles. The first-order valence-electron chi connectivity index (χ1n) is 10.1. The highest BCUT2D eigenvalue weighted by atomic mass is 32.2. The van der Waals surface area contributed by atoms with Crippen molar-refractivity contribution in [2.24, 2.45) is 7.05 Å². The molecule has 2 aromatic heterocycles. The van der Waals surface area contributed by atoms with E-state index in [1.54, 1.807) is 30.1 Å². The summed E-state index contributed by atoms with van der Waals surface area (Å²) in [6, 6.07) is 7.95. The summed E-state index contributed by atoms with van der Waals surface area (Å²) < 4.78 is 33.1. The molecule has 4 rings (SSSR count). The average Bonchev–Trinajstić information content (AvgIpc) is 3.15. The fraction of sp³-hybridized carbons (Fsp3) is 0.409. The molecule has 31 heavy (non-hydrogen) atoms. The Morgan fingerprint density at radius 1 is 1.13 bits per heavy atom. The van der Waals surface area contributed by atoms with E-state index in [1.807, 2.05) is 31.3 Å². The zero-order chi connectivity index (χ0) is 22.3. The third-order valence-electron chi connectivity index (χ3n) is 5.88. The molecule has 0 bridgehead atoms. The molecular weight excluding hydrogens is 434 g/mol. The second kappa shape index (κ2) is 8.38. The first-order chi connectivity index (χ1) is 14.7. The van der Waals surface area contributed by atoms with Crippen molar-refractivity contribution >= 4 is 31.4 Å². The van der Waals surface area contributed by atoms with Gasteiger partial charge in [-0.1, -0.05) is 12.1 Å². The number of fused-ring (bicyclic) bond motifs is 1. The molecule has 1 fully saturated rings. The second-order valence-corrected chi connectivity index (χ2v) is 11.1. The van der Waals surface area contributed by atoms with Crippen molar-refractivity contribution in [2.45, 2.75) is 13.5 Å². The van der Waals surface area contributed by atoms with E-state index in [4.69, 9.17) is 4.74 Å². The maximum atomic E-state index is 12.8. The van der Waals surface area contributed by atoms with Crippen molar-refractivity contribution in [1.29, 1.82) is 0 Å². The first-order valence-corrected chi connectivity index (χ1v) is 12.8. The normalized spacial score (nSPS) is 16.1. The predicted octanol–water partition coefficient (Wildman–Crippen LogP) is 2.66. The van der Waals surface area contributed by atoms with Gasteiger partial charge < -0.3 is 9.30 Å². The lowest BCUT2D eigenvalue weighted by molar-refractivity contribution is 0.183. The third-order valence-corrected chi connectivity index (χ3v) is 8.33. The van der Waals surface area contributed by atoms with Crippen LogP contribution in [-0.4, -0.2) is 61.7 Å². The number of pyridine rings is 1. The van der Waals surface area contributed by atoms with Crippen molar-refractivity contribution in [1.82, 2.24) is 13.8 Å². The quantitative estimate of drug-likeness (QED) is 0.584. The van der Waals surface area contributed by atoms with E-state index >= 15 is 0 Å². The lowest BCUT2D eigenvalue weighted by Gasteiger charge is -2.32. The van der Waals surface area contributed by atoms with Crippen molar-refractivity contribution in [2.75, 3.05) is 39.5 Å². The van der Waals surface area contributed by atoms with Crippen molar-refractivity contribution in [3.63, 3.8) is 0 Å². The van der Waals surface area contributed by atoms with Gasteiger partial charge in [0, 0.05) is 61.1 Å². The Labute approximate surface area is 186 Å². The number of methoxy groups -OCH3 is 1. The molecule has 0 atom stereocenters. The van der Waals surface area contributed by atoms with Crippen LogP contribution in [0, 0.1) is 6.92 Å². The lowest BCUT2D eigenvalue weighted by atomic mass is 10.0. The number of hydrogen-bond acceptors (Lipinski definition) is 6. The summed E-state index contributed by atoms with van der Waals surface area (Å²) in [7, 11) is 0.298. The molecule has 166 valence electrons. The average molecular weight is 462 g/mol. The van der Waals surface area contributed by atoms with Crippen LogP contribution in [-0.2, 0) is 23.6 Å². The standard InChI is InChI=1S/C22H27N3O4S2/c1-15-17(6-5-7-20(15)29-3)19-14-23(2)22(26)18-12-16(30-21(18)19)13-24-8-10-25(11-9-24)31(4,27)28/h5-7,12,14H,8-11,13H2,1-4H3. The highest BCUT2D eigenvalue weighted by molar-refractivity contribution is 7.88. The summed E-state index contributed by atoms with van der Waals surface area (Å²) in [6.07, 6.45) is 3.16. The molecule has 0 unspecified atom stereocenters. The summed E-state index contributed by atoms with van der Waals surface area (Å²) in [5.41, 5.74) is 3.10. The minimum absolute atomic E-state index is 0.0105. The zero-order valence-electron chi connectivity index (χ0n) is 18.2. The number of benzene rings is 1. The Kier molecular flexibility index (Phi) is 5.95. The van der Waals surface area contributed by atoms with Gasteiger partial charge in [0.05, 0.1) is 18.8 Å². The minimum atomic E-state index is -3.14. The molecule has 1 aliphatic rings. The number of ether oxygens (including phenoxy) is 1. The Morgan fingerprint density at radius 2 is 1.84 bits per heavy atom. The van der Waals surface area contributed by atoms with E-state index in [0.717, 1.165) is 37.4 Å². The van der Waals surface area contributed by atoms with E-state index in [2.05, 4.69) is 11.0 Å². The highest BCUT2D eigenvalue weighted by Gasteiger charge is 2.24. The summed E-state index contributed by atoms with van der Waals surface area (Å²) in [4.78, 5) is 16.2. The molecule has 0 N–H and O–H groups in total. The van der Waals surface area contributed by atoms with E-state index in [9.17, 15) is 13.2 Å². The Bertz CT molecular complexity index is 1290. The van der Waals surface area contributed by atoms with Crippen LogP contribution < -0.4 is 10.3 Å². The first kappa shape index (κ1) is 22.0. The van der Waals surface area contributed by atoms with Crippen LogP contribution in [0.2, 0.25) is 0 Å². The smallest absolute Gasteiger partial charge is 0.259 e. The van der Waals surface area contributed by atoms with Gasteiger partial charge >= 0.3 is 0 Å². The molecule has 0 spiro atoms. The number of hydrogen-bond donors (Lipinski definition) is 0. The van der Waals surface area contributed by atoms with Crippen LogP contribution in [0.5, 0.6) is 5.75 Å². The molecule has 0 radical (unpaired) electrons. The van der Waals surface area contributed by atoms with Gasteiger partial charge in [-0.2, -0.15) is 4.31 Å². The molecule has 0 aliphatic carbocycles. The number of aryl methyl sites for hydroxylation is 1. The van der Waals surface area contributed by atoms with Crippen LogP contribution >= 0.6 is 11.3 Å². The summed E-state index contributed by atoms with van der Waals surface area (Å²) in [5, 5.41) is 0.719. The Balaban J connectivity index is 1.69. The van der Waals surface area contributed by atoms with Crippen molar-refractivity contribution in [3.8, 4) is 16.9 Å². The summed E-state index contributed by atoms with van der Waals surface area (Å²) >= 11 is 1.64. The summed E-state index contributed by atoms with van der Waals surface area (Å²) in [6.45, 7) is 5.10. The number of rotatable bonds is 5. The van der Waals surface area contributed by atoms with Crippen LogP contribution in [0.3, 0.4) is 0 Å². The number of nitrogens with zero attached hydrogens (tertiary/aromatic N) is 3. The van der Waals surface area contributed by atoms with Crippen LogP contribution in [0.1, 0.15) is 10.4 Å². The third kappa shape index (κ3) is 4.27. The van der Waals surface area contributed by atoms with Gasteiger partial charge in [0.1, 0.15) is 5.75 Å². The van der Waals surface area contributed by atoms with Gasteiger partial charge in [0.25, 0.3) is 5.56 Å². The predicted molar refractivity (Wildman–Crippen MR) is 125 cm³/mol. The molecule has 3 aromatic rings. The van der Waals surface area contributed by atoms with Crippen LogP contribution in [0.4, 0.5) is 0 Å². The molecule has 0 saturated carbocycles. The van der Waals surface area contributed by atoms with Gasteiger partial charge in [0.15, 0.2) is 0 Å². The van der Waals surface area contributed by atoms with Gasteiger partial charge in [-0.05, 0) is 30.2 Å². The van der Waals surface area contributed by atoms with E-state index in [1.165, 1.54) is 10.6 Å². The largest absolute Gasteiger partial charge is 0.496 e. The molecule has 9 heteroatoms. The minimum Gasteiger partial charge on any atom is -0.496 e. The van der Waals surface area contributed by atoms with Gasteiger partial charge in [0.2, 0.25) is 10.0 Å². The molecule has 0 amide bonds. The Morgan fingerprint density at radius 3 is 2.48 bits per heavy atom. The van der Waals surface area contributed by atoms with Gasteiger partial charge in [-0.3, -0.25) is 9.69 Å². The molecule has 7 nitrogen and oxygen atoms in total. The maximum absolute atomic E-state index is 12.8. The number of aromatic nitrogens is 1. The van der Waals surface area contributed by atoms with Crippen LogP contribution in [0.25, 0.3) is 21.2 Å².